The first-order valence-electron chi connectivity index (χ1n) is 4.42. The number of benzene rings is 1. The fourth-order valence-corrected chi connectivity index (χ4v) is 1.45. The van der Waals surface area contributed by atoms with Gasteiger partial charge in [-0.3, -0.25) is 0 Å². The number of Topliss-reactive ketones (excluding diaryl/α,β-unsaturated/α-hetero) is 1. The molecule has 0 saturated heterocycles. The lowest BCUT2D eigenvalue weighted by molar-refractivity contribution is -0.117. The molecule has 1 aromatic rings. The molecule has 1 rings (SSSR count). The van der Waals surface area contributed by atoms with Gasteiger partial charge in [-0.25, -0.2) is 0 Å². The maximum atomic E-state index is 10.7. The zero-order valence-electron chi connectivity index (χ0n) is 7.72. The SMILES string of the molecule is CC(=O)CCCc1cccc(Cl)c1. The number of hydrogen-bond donors (Lipinski definition) is 0. The van der Waals surface area contributed by atoms with E-state index in [1.807, 2.05) is 24.3 Å². The lowest BCUT2D eigenvalue weighted by Gasteiger charge is -1.99. The minimum atomic E-state index is 0.252. The van der Waals surface area contributed by atoms with Gasteiger partial charge in [-0.15, -0.1) is 0 Å². The van der Waals surface area contributed by atoms with Crippen LogP contribution in [0.1, 0.15) is 25.3 Å². The van der Waals surface area contributed by atoms with E-state index in [4.69, 9.17) is 11.6 Å². The van der Waals surface area contributed by atoms with Crippen molar-refractivity contribution >= 4 is 17.4 Å². The van der Waals surface area contributed by atoms with Crippen LogP contribution in [-0.2, 0) is 11.2 Å². The van der Waals surface area contributed by atoms with E-state index in [0.717, 1.165) is 17.9 Å². The fraction of sp³-hybridized carbons (Fsp3) is 0.364. The van der Waals surface area contributed by atoms with E-state index in [1.165, 1.54) is 5.56 Å². The van der Waals surface area contributed by atoms with Crippen molar-refractivity contribution in [2.24, 2.45) is 0 Å². The number of carbonyl (C=O) groups excluding carboxylic acids is 1. The molecule has 0 saturated carbocycles. The molecule has 0 spiro atoms. The zero-order chi connectivity index (χ0) is 9.68. The summed E-state index contributed by atoms with van der Waals surface area (Å²) in [5.74, 6) is 0.252. The van der Waals surface area contributed by atoms with Crippen molar-refractivity contribution in [2.75, 3.05) is 0 Å². The van der Waals surface area contributed by atoms with Gasteiger partial charge in [-0.05, 0) is 37.5 Å². The summed E-state index contributed by atoms with van der Waals surface area (Å²) in [5, 5.41) is 0.764. The van der Waals surface area contributed by atoms with Gasteiger partial charge in [0.05, 0.1) is 0 Å². The van der Waals surface area contributed by atoms with Gasteiger partial charge < -0.3 is 4.79 Å². The predicted molar refractivity (Wildman–Crippen MR) is 55.1 cm³/mol. The van der Waals surface area contributed by atoms with E-state index >= 15 is 0 Å². The third-order valence-electron chi connectivity index (χ3n) is 1.88. The normalized spacial score (nSPS) is 10.0. The number of hydrogen-bond acceptors (Lipinski definition) is 1. The van der Waals surface area contributed by atoms with Crippen LogP contribution >= 0.6 is 11.6 Å². The van der Waals surface area contributed by atoms with Gasteiger partial charge >= 0.3 is 0 Å². The minimum absolute atomic E-state index is 0.252. The largest absolute Gasteiger partial charge is 0.300 e. The zero-order valence-corrected chi connectivity index (χ0v) is 8.47. The van der Waals surface area contributed by atoms with E-state index < -0.39 is 0 Å². The molecule has 0 fully saturated rings. The van der Waals surface area contributed by atoms with Crippen molar-refractivity contribution in [3.8, 4) is 0 Å². The quantitative estimate of drug-likeness (QED) is 0.723. The van der Waals surface area contributed by atoms with Gasteiger partial charge in [0.1, 0.15) is 5.78 Å². The van der Waals surface area contributed by atoms with E-state index in [-0.39, 0.29) is 5.78 Å². The predicted octanol–water partition coefficient (Wildman–Crippen LogP) is 3.25. The highest BCUT2D eigenvalue weighted by molar-refractivity contribution is 6.30. The second kappa shape index (κ2) is 5.03. The Morgan fingerprint density at radius 3 is 2.85 bits per heavy atom. The standard InChI is InChI=1S/C11H13ClO/c1-9(13)4-2-5-10-6-3-7-11(12)8-10/h3,6-8H,2,4-5H2,1H3. The van der Waals surface area contributed by atoms with Gasteiger partial charge in [0, 0.05) is 11.4 Å². The molecule has 1 nitrogen and oxygen atoms in total. The van der Waals surface area contributed by atoms with Crippen molar-refractivity contribution in [3.63, 3.8) is 0 Å². The Balaban J connectivity index is 2.41. The van der Waals surface area contributed by atoms with Crippen LogP contribution in [0, 0.1) is 0 Å². The van der Waals surface area contributed by atoms with Crippen LogP contribution < -0.4 is 0 Å². The molecule has 1 aromatic carbocycles. The van der Waals surface area contributed by atoms with Crippen molar-refractivity contribution in [1.29, 1.82) is 0 Å². The first-order chi connectivity index (χ1) is 6.18. The van der Waals surface area contributed by atoms with Crippen molar-refractivity contribution in [2.45, 2.75) is 26.2 Å². The lowest BCUT2D eigenvalue weighted by Crippen LogP contribution is -1.92. The number of carbonyl (C=O) groups is 1. The Bertz CT molecular complexity index is 294. The lowest BCUT2D eigenvalue weighted by atomic mass is 10.1. The molecule has 0 bridgehead atoms. The highest BCUT2D eigenvalue weighted by Gasteiger charge is 1.96. The van der Waals surface area contributed by atoms with Crippen molar-refractivity contribution in [3.05, 3.63) is 34.9 Å². The van der Waals surface area contributed by atoms with Crippen LogP contribution in [0.2, 0.25) is 5.02 Å². The third kappa shape index (κ3) is 4.09. The summed E-state index contributed by atoms with van der Waals surface area (Å²) in [6.07, 6.45) is 2.50. The molecule has 0 aliphatic heterocycles. The van der Waals surface area contributed by atoms with Crippen molar-refractivity contribution in [1.82, 2.24) is 0 Å². The molecule has 70 valence electrons. The van der Waals surface area contributed by atoms with Gasteiger partial charge in [0.15, 0.2) is 0 Å². The minimum Gasteiger partial charge on any atom is -0.300 e. The Hall–Kier alpha value is -0.820. The van der Waals surface area contributed by atoms with E-state index in [1.54, 1.807) is 6.92 Å². The highest BCUT2D eigenvalue weighted by Crippen LogP contribution is 2.12. The van der Waals surface area contributed by atoms with Gasteiger partial charge in [-0.2, -0.15) is 0 Å². The summed E-state index contributed by atoms with van der Waals surface area (Å²) in [6.45, 7) is 1.62. The Kier molecular flexibility index (Phi) is 3.97. The average Bonchev–Trinajstić information content (AvgIpc) is 2.03. The molecular weight excluding hydrogens is 184 g/mol. The van der Waals surface area contributed by atoms with E-state index in [2.05, 4.69) is 0 Å². The summed E-state index contributed by atoms with van der Waals surface area (Å²) in [6, 6.07) is 7.77. The fourth-order valence-electron chi connectivity index (χ4n) is 1.23. The van der Waals surface area contributed by atoms with Crippen LogP contribution in [0.5, 0.6) is 0 Å². The van der Waals surface area contributed by atoms with Gasteiger partial charge in [0.25, 0.3) is 0 Å². The number of ketones is 1. The monoisotopic (exact) mass is 196 g/mol. The first-order valence-corrected chi connectivity index (χ1v) is 4.80. The number of halogens is 1. The van der Waals surface area contributed by atoms with Crippen molar-refractivity contribution < 1.29 is 4.79 Å². The molecular formula is C11H13ClO. The topological polar surface area (TPSA) is 17.1 Å². The Labute approximate surface area is 83.7 Å². The summed E-state index contributed by atoms with van der Waals surface area (Å²) in [4.78, 5) is 10.7. The second-order valence-corrected chi connectivity index (χ2v) is 3.62. The molecule has 0 radical (unpaired) electrons. The Morgan fingerprint density at radius 1 is 1.46 bits per heavy atom. The third-order valence-corrected chi connectivity index (χ3v) is 2.12. The van der Waals surface area contributed by atoms with Crippen LogP contribution in [0.4, 0.5) is 0 Å². The Morgan fingerprint density at radius 2 is 2.23 bits per heavy atom. The second-order valence-electron chi connectivity index (χ2n) is 3.19. The molecule has 0 N–H and O–H groups in total. The molecule has 0 aromatic heterocycles. The number of aryl methyl sites for hydroxylation is 1. The molecule has 0 heterocycles. The first kappa shape index (κ1) is 10.3. The van der Waals surface area contributed by atoms with Gasteiger partial charge in [-0.1, -0.05) is 23.7 Å². The molecule has 0 amide bonds. The molecule has 0 atom stereocenters. The van der Waals surface area contributed by atoms with E-state index in [9.17, 15) is 4.79 Å². The summed E-state index contributed by atoms with van der Waals surface area (Å²) < 4.78 is 0. The van der Waals surface area contributed by atoms with E-state index in [0.29, 0.717) is 6.42 Å². The highest BCUT2D eigenvalue weighted by atomic mass is 35.5. The van der Waals surface area contributed by atoms with Crippen LogP contribution in [0.15, 0.2) is 24.3 Å². The average molecular weight is 197 g/mol. The molecule has 0 unspecified atom stereocenters. The molecule has 13 heavy (non-hydrogen) atoms. The maximum Gasteiger partial charge on any atom is 0.129 e. The molecule has 0 aliphatic carbocycles. The maximum absolute atomic E-state index is 10.7. The molecule has 0 aliphatic rings. The van der Waals surface area contributed by atoms with Crippen LogP contribution in [-0.4, -0.2) is 5.78 Å². The smallest absolute Gasteiger partial charge is 0.129 e. The summed E-state index contributed by atoms with van der Waals surface area (Å²) in [5.41, 5.74) is 1.20. The number of rotatable bonds is 4. The van der Waals surface area contributed by atoms with Crippen LogP contribution in [0.3, 0.4) is 0 Å². The summed E-state index contributed by atoms with van der Waals surface area (Å²) >= 11 is 5.82. The van der Waals surface area contributed by atoms with Gasteiger partial charge in [0.2, 0.25) is 0 Å². The van der Waals surface area contributed by atoms with Crippen LogP contribution in [0.25, 0.3) is 0 Å². The molecule has 2 heteroatoms. The summed E-state index contributed by atoms with van der Waals surface area (Å²) in [7, 11) is 0.